The normalized spacial score (nSPS) is 10.4. The summed E-state index contributed by atoms with van der Waals surface area (Å²) in [5, 5.41) is 14.6. The van der Waals surface area contributed by atoms with Gasteiger partial charge in [0.05, 0.1) is 4.92 Å². The molecular formula is C17H12ClN3O3S. The second-order valence-electron chi connectivity index (χ2n) is 5.20. The Morgan fingerprint density at radius 3 is 2.72 bits per heavy atom. The van der Waals surface area contributed by atoms with Gasteiger partial charge in [0, 0.05) is 40.2 Å². The van der Waals surface area contributed by atoms with E-state index in [4.69, 9.17) is 11.6 Å². The third-order valence-electron chi connectivity index (χ3n) is 3.38. The molecule has 3 rings (SSSR count). The maximum absolute atomic E-state index is 12.2. The Morgan fingerprint density at radius 1 is 1.24 bits per heavy atom. The number of amides is 1. The van der Waals surface area contributed by atoms with Crippen molar-refractivity contribution in [2.75, 3.05) is 5.32 Å². The van der Waals surface area contributed by atoms with Crippen molar-refractivity contribution in [1.29, 1.82) is 0 Å². The lowest BCUT2D eigenvalue weighted by molar-refractivity contribution is -0.384. The third-order valence-corrected chi connectivity index (χ3v) is 4.55. The summed E-state index contributed by atoms with van der Waals surface area (Å²) in [7, 11) is 0. The van der Waals surface area contributed by atoms with Crippen LogP contribution in [-0.4, -0.2) is 15.8 Å². The number of nitro benzene ring substituents is 1. The Labute approximate surface area is 152 Å². The van der Waals surface area contributed by atoms with Crippen molar-refractivity contribution in [3.05, 3.63) is 85.9 Å². The Morgan fingerprint density at radius 2 is 2.00 bits per heavy atom. The van der Waals surface area contributed by atoms with Gasteiger partial charge in [0.2, 0.25) is 0 Å². The van der Waals surface area contributed by atoms with Gasteiger partial charge in [-0.1, -0.05) is 29.8 Å². The van der Waals surface area contributed by atoms with Crippen LogP contribution in [0.1, 0.15) is 20.8 Å². The minimum Gasteiger partial charge on any atom is -0.298 e. The number of carbonyl (C=O) groups is 1. The molecule has 1 N–H and O–H groups in total. The van der Waals surface area contributed by atoms with E-state index in [-0.39, 0.29) is 11.3 Å². The molecule has 2 aromatic carbocycles. The maximum atomic E-state index is 12.2. The molecule has 0 fully saturated rings. The van der Waals surface area contributed by atoms with Crippen molar-refractivity contribution < 1.29 is 9.72 Å². The highest BCUT2D eigenvalue weighted by Gasteiger charge is 2.13. The first-order valence-corrected chi connectivity index (χ1v) is 8.45. The molecule has 0 bridgehead atoms. The highest BCUT2D eigenvalue weighted by Crippen LogP contribution is 2.23. The molecule has 8 heteroatoms. The molecule has 0 aliphatic heterocycles. The van der Waals surface area contributed by atoms with Crippen molar-refractivity contribution in [3.63, 3.8) is 0 Å². The Bertz CT molecular complexity index is 925. The van der Waals surface area contributed by atoms with Gasteiger partial charge in [0.1, 0.15) is 0 Å². The van der Waals surface area contributed by atoms with Crippen molar-refractivity contribution in [3.8, 4) is 0 Å². The fourth-order valence-electron chi connectivity index (χ4n) is 2.18. The molecule has 0 spiro atoms. The molecule has 0 aliphatic rings. The summed E-state index contributed by atoms with van der Waals surface area (Å²) in [5.74, 6) is -0.434. The molecule has 1 amide bonds. The first-order chi connectivity index (χ1) is 12.0. The smallest absolute Gasteiger partial charge is 0.270 e. The number of nitrogens with zero attached hydrogens (tertiary/aromatic N) is 2. The number of carbonyl (C=O) groups excluding carboxylic acids is 1. The zero-order chi connectivity index (χ0) is 17.8. The van der Waals surface area contributed by atoms with Gasteiger partial charge in [-0.05, 0) is 23.8 Å². The molecule has 6 nitrogen and oxygen atoms in total. The number of halogens is 1. The Balaban J connectivity index is 1.68. The van der Waals surface area contributed by atoms with Gasteiger partial charge in [-0.3, -0.25) is 20.2 Å². The van der Waals surface area contributed by atoms with Crippen LogP contribution in [-0.2, 0) is 6.42 Å². The quantitative estimate of drug-likeness (QED) is 0.525. The lowest BCUT2D eigenvalue weighted by Gasteiger charge is -2.01. The highest BCUT2D eigenvalue weighted by atomic mass is 35.5. The van der Waals surface area contributed by atoms with E-state index in [0.717, 1.165) is 10.4 Å². The lowest BCUT2D eigenvalue weighted by atomic mass is 10.1. The summed E-state index contributed by atoms with van der Waals surface area (Å²) in [6.07, 6.45) is 2.38. The monoisotopic (exact) mass is 373 g/mol. The van der Waals surface area contributed by atoms with Gasteiger partial charge in [-0.15, -0.1) is 11.3 Å². The van der Waals surface area contributed by atoms with Gasteiger partial charge in [-0.25, -0.2) is 4.98 Å². The number of thiazole rings is 1. The van der Waals surface area contributed by atoms with Gasteiger partial charge in [0.15, 0.2) is 5.13 Å². The third kappa shape index (κ3) is 4.40. The number of hydrogen-bond acceptors (Lipinski definition) is 5. The minimum absolute atomic E-state index is 0.129. The number of anilines is 1. The second-order valence-corrected chi connectivity index (χ2v) is 6.75. The highest BCUT2D eigenvalue weighted by molar-refractivity contribution is 7.15. The number of nitro groups is 1. The zero-order valence-electron chi connectivity index (χ0n) is 12.8. The molecule has 0 aliphatic carbocycles. The fraction of sp³-hybridized carbons (Fsp3) is 0.0588. The lowest BCUT2D eigenvalue weighted by Crippen LogP contribution is -2.11. The van der Waals surface area contributed by atoms with E-state index >= 15 is 0 Å². The van der Waals surface area contributed by atoms with Gasteiger partial charge < -0.3 is 0 Å². The van der Waals surface area contributed by atoms with Crippen molar-refractivity contribution in [2.24, 2.45) is 0 Å². The van der Waals surface area contributed by atoms with Gasteiger partial charge >= 0.3 is 0 Å². The summed E-state index contributed by atoms with van der Waals surface area (Å²) >= 11 is 7.22. The second kappa shape index (κ2) is 7.42. The molecule has 126 valence electrons. The van der Waals surface area contributed by atoms with Crippen LogP contribution in [0.4, 0.5) is 10.8 Å². The number of nitrogens with one attached hydrogen (secondary N) is 1. The van der Waals surface area contributed by atoms with Crippen LogP contribution in [0, 0.1) is 10.1 Å². The van der Waals surface area contributed by atoms with E-state index in [1.54, 1.807) is 6.20 Å². The van der Waals surface area contributed by atoms with Crippen LogP contribution in [0.25, 0.3) is 0 Å². The first kappa shape index (κ1) is 17.1. The molecule has 0 unspecified atom stereocenters. The number of rotatable bonds is 5. The van der Waals surface area contributed by atoms with Crippen LogP contribution >= 0.6 is 22.9 Å². The van der Waals surface area contributed by atoms with Crippen molar-refractivity contribution >= 4 is 39.7 Å². The summed E-state index contributed by atoms with van der Waals surface area (Å²) in [6.45, 7) is 0. The summed E-state index contributed by atoms with van der Waals surface area (Å²) < 4.78 is 0. The molecular weight excluding hydrogens is 362 g/mol. The van der Waals surface area contributed by atoms with E-state index in [1.165, 1.54) is 35.6 Å². The van der Waals surface area contributed by atoms with Gasteiger partial charge in [0.25, 0.3) is 11.6 Å². The molecule has 0 saturated carbocycles. The standard InChI is InChI=1S/C17H12ClN3O3S/c18-13-6-4-11(5-7-13)8-15-10-19-17(25-15)20-16(22)12-2-1-3-14(9-12)21(23)24/h1-7,9-10H,8H2,(H,19,20,22). The molecule has 0 saturated heterocycles. The number of non-ortho nitro benzene ring substituents is 1. The van der Waals surface area contributed by atoms with Crippen LogP contribution in [0.3, 0.4) is 0 Å². The first-order valence-electron chi connectivity index (χ1n) is 7.26. The maximum Gasteiger partial charge on any atom is 0.270 e. The average molecular weight is 374 g/mol. The van der Waals surface area contributed by atoms with Crippen LogP contribution < -0.4 is 5.32 Å². The number of benzene rings is 2. The largest absolute Gasteiger partial charge is 0.298 e. The predicted octanol–water partition coefficient (Wildman–Crippen LogP) is 4.55. The molecule has 25 heavy (non-hydrogen) atoms. The van der Waals surface area contributed by atoms with Gasteiger partial charge in [-0.2, -0.15) is 0 Å². The van der Waals surface area contributed by atoms with E-state index in [2.05, 4.69) is 10.3 Å². The summed E-state index contributed by atoms with van der Waals surface area (Å²) in [5.41, 5.74) is 1.17. The summed E-state index contributed by atoms with van der Waals surface area (Å²) in [4.78, 5) is 27.6. The molecule has 0 radical (unpaired) electrons. The Kier molecular flexibility index (Phi) is 5.06. The van der Waals surface area contributed by atoms with E-state index in [0.29, 0.717) is 16.6 Å². The molecule has 3 aromatic rings. The van der Waals surface area contributed by atoms with E-state index in [1.807, 2.05) is 24.3 Å². The molecule has 1 aromatic heterocycles. The zero-order valence-corrected chi connectivity index (χ0v) is 14.4. The average Bonchev–Trinajstić information content (AvgIpc) is 3.04. The number of hydrogen-bond donors (Lipinski definition) is 1. The van der Waals surface area contributed by atoms with Crippen molar-refractivity contribution in [2.45, 2.75) is 6.42 Å². The minimum atomic E-state index is -0.537. The SMILES string of the molecule is O=C(Nc1ncc(Cc2ccc(Cl)cc2)s1)c1cccc([N+](=O)[O-])c1. The Hall–Kier alpha value is -2.77. The van der Waals surface area contributed by atoms with Crippen LogP contribution in [0.5, 0.6) is 0 Å². The number of aromatic nitrogens is 1. The molecule has 1 heterocycles. The van der Waals surface area contributed by atoms with E-state index < -0.39 is 10.8 Å². The van der Waals surface area contributed by atoms with Crippen LogP contribution in [0.2, 0.25) is 5.02 Å². The fourth-order valence-corrected chi connectivity index (χ4v) is 3.15. The van der Waals surface area contributed by atoms with Crippen LogP contribution in [0.15, 0.2) is 54.7 Å². The van der Waals surface area contributed by atoms with E-state index in [9.17, 15) is 14.9 Å². The summed E-state index contributed by atoms with van der Waals surface area (Å²) in [6, 6.07) is 13.1. The van der Waals surface area contributed by atoms with Crippen molar-refractivity contribution in [1.82, 2.24) is 4.98 Å². The topological polar surface area (TPSA) is 85.1 Å². The predicted molar refractivity (Wildman–Crippen MR) is 97.4 cm³/mol. The molecule has 0 atom stereocenters.